The lowest BCUT2D eigenvalue weighted by Gasteiger charge is -2.02. The second-order valence-corrected chi connectivity index (χ2v) is 5.74. The van der Waals surface area contributed by atoms with Crippen LogP contribution in [0.1, 0.15) is 12.8 Å². The fourth-order valence-corrected chi connectivity index (χ4v) is 2.65. The number of thiol groups is 1. The third-order valence-corrected chi connectivity index (χ3v) is 3.95. The third kappa shape index (κ3) is 4.05. The Kier molecular flexibility index (Phi) is 4.35. The van der Waals surface area contributed by atoms with Gasteiger partial charge in [0.2, 0.25) is 0 Å². The molecule has 1 aromatic rings. The first-order chi connectivity index (χ1) is 7.02. The van der Waals surface area contributed by atoms with E-state index in [4.69, 9.17) is 0 Å². The number of carbonyl (C=O) groups is 1. The van der Waals surface area contributed by atoms with E-state index in [0.29, 0.717) is 11.3 Å². The molecule has 0 aliphatic carbocycles. The summed E-state index contributed by atoms with van der Waals surface area (Å²) in [7, 11) is -3.24. The lowest BCUT2D eigenvalue weighted by Crippen LogP contribution is -2.07. The largest absolute Gasteiger partial charge is 0.288 e. The molecule has 5 heteroatoms. The van der Waals surface area contributed by atoms with Crippen LogP contribution in [-0.4, -0.2) is 19.3 Å². The summed E-state index contributed by atoms with van der Waals surface area (Å²) >= 11 is 3.58. The van der Waals surface area contributed by atoms with E-state index in [1.165, 1.54) is 0 Å². The van der Waals surface area contributed by atoms with Crippen LogP contribution in [0.25, 0.3) is 0 Å². The molecule has 82 valence electrons. The molecule has 0 amide bonds. The summed E-state index contributed by atoms with van der Waals surface area (Å²) in [5.74, 6) is -0.0106. The van der Waals surface area contributed by atoms with Crippen molar-refractivity contribution >= 4 is 27.6 Å². The first-order valence-electron chi connectivity index (χ1n) is 4.52. The summed E-state index contributed by atoms with van der Waals surface area (Å²) in [6, 6.07) is 8.22. The minimum absolute atomic E-state index is 0.0106. The van der Waals surface area contributed by atoms with Gasteiger partial charge in [0.1, 0.15) is 0 Å². The van der Waals surface area contributed by atoms with E-state index in [9.17, 15) is 13.2 Å². The SMILES string of the molecule is O=C(S)CCCS(=O)(=O)c1ccccc1. The summed E-state index contributed by atoms with van der Waals surface area (Å²) in [5.41, 5.74) is 0. The van der Waals surface area contributed by atoms with Gasteiger partial charge < -0.3 is 0 Å². The highest BCUT2D eigenvalue weighted by atomic mass is 32.2. The van der Waals surface area contributed by atoms with Gasteiger partial charge in [0.25, 0.3) is 0 Å². The van der Waals surface area contributed by atoms with E-state index in [-0.39, 0.29) is 17.3 Å². The molecule has 0 saturated carbocycles. The molecule has 0 aromatic heterocycles. The van der Waals surface area contributed by atoms with Crippen molar-refractivity contribution in [3.8, 4) is 0 Å². The Morgan fingerprint density at radius 2 is 1.80 bits per heavy atom. The van der Waals surface area contributed by atoms with Crippen LogP contribution >= 0.6 is 12.6 Å². The average Bonchev–Trinajstić information content (AvgIpc) is 2.18. The summed E-state index contributed by atoms with van der Waals surface area (Å²) in [4.78, 5) is 10.8. The fourth-order valence-electron chi connectivity index (χ4n) is 1.16. The van der Waals surface area contributed by atoms with E-state index < -0.39 is 9.84 Å². The maximum absolute atomic E-state index is 11.7. The summed E-state index contributed by atoms with van der Waals surface area (Å²) in [5, 5.41) is -0.279. The van der Waals surface area contributed by atoms with Gasteiger partial charge in [-0.05, 0) is 18.6 Å². The Morgan fingerprint density at radius 1 is 1.20 bits per heavy atom. The van der Waals surface area contributed by atoms with Crippen molar-refractivity contribution in [1.82, 2.24) is 0 Å². The number of hydrogen-bond acceptors (Lipinski definition) is 3. The Morgan fingerprint density at radius 3 is 2.33 bits per heavy atom. The van der Waals surface area contributed by atoms with E-state index in [0.717, 1.165) is 0 Å². The molecule has 1 rings (SSSR count). The zero-order valence-electron chi connectivity index (χ0n) is 8.09. The van der Waals surface area contributed by atoms with Crippen LogP contribution in [0.3, 0.4) is 0 Å². The predicted molar refractivity (Wildman–Crippen MR) is 61.7 cm³/mol. The van der Waals surface area contributed by atoms with E-state index >= 15 is 0 Å². The van der Waals surface area contributed by atoms with Gasteiger partial charge in [-0.1, -0.05) is 18.2 Å². The fraction of sp³-hybridized carbons (Fsp3) is 0.300. The first-order valence-corrected chi connectivity index (χ1v) is 6.62. The molecule has 15 heavy (non-hydrogen) atoms. The highest BCUT2D eigenvalue weighted by molar-refractivity contribution is 7.96. The van der Waals surface area contributed by atoms with Gasteiger partial charge in [-0.15, -0.1) is 12.6 Å². The molecule has 0 saturated heterocycles. The smallest absolute Gasteiger partial charge is 0.185 e. The van der Waals surface area contributed by atoms with Crippen LogP contribution in [-0.2, 0) is 14.6 Å². The molecule has 0 spiro atoms. The third-order valence-electron chi connectivity index (χ3n) is 1.91. The van der Waals surface area contributed by atoms with Crippen molar-refractivity contribution < 1.29 is 13.2 Å². The number of benzene rings is 1. The quantitative estimate of drug-likeness (QED) is 0.802. The van der Waals surface area contributed by atoms with E-state index in [2.05, 4.69) is 12.6 Å². The Labute approximate surface area is 94.8 Å². The molecule has 0 N–H and O–H groups in total. The highest BCUT2D eigenvalue weighted by Gasteiger charge is 2.13. The van der Waals surface area contributed by atoms with Gasteiger partial charge in [0.05, 0.1) is 10.6 Å². The van der Waals surface area contributed by atoms with Crippen molar-refractivity contribution in [3.63, 3.8) is 0 Å². The number of hydrogen-bond donors (Lipinski definition) is 1. The lowest BCUT2D eigenvalue weighted by molar-refractivity contribution is -0.110. The monoisotopic (exact) mass is 244 g/mol. The minimum atomic E-state index is -3.24. The second-order valence-electron chi connectivity index (χ2n) is 3.13. The molecule has 1 aromatic carbocycles. The molecule has 0 radical (unpaired) electrons. The van der Waals surface area contributed by atoms with Gasteiger partial charge in [0, 0.05) is 6.42 Å². The maximum Gasteiger partial charge on any atom is 0.185 e. The summed E-state index contributed by atoms with van der Waals surface area (Å²) in [6.45, 7) is 0. The second kappa shape index (κ2) is 5.32. The van der Waals surface area contributed by atoms with Crippen molar-refractivity contribution in [2.75, 3.05) is 5.75 Å². The number of carbonyl (C=O) groups excluding carboxylic acids is 1. The van der Waals surface area contributed by atoms with Crippen LogP contribution < -0.4 is 0 Å². The van der Waals surface area contributed by atoms with Crippen molar-refractivity contribution in [1.29, 1.82) is 0 Å². The molecule has 0 atom stereocenters. The predicted octanol–water partition coefficient (Wildman–Crippen LogP) is 1.70. The van der Waals surface area contributed by atoms with Gasteiger partial charge >= 0.3 is 0 Å². The molecule has 0 aliphatic heterocycles. The molecular formula is C10H12O3S2. The van der Waals surface area contributed by atoms with E-state index in [1.807, 2.05) is 0 Å². The Balaban J connectivity index is 2.65. The molecule has 0 fully saturated rings. The summed E-state index contributed by atoms with van der Waals surface area (Å²) in [6.07, 6.45) is 0.509. The standard InChI is InChI=1S/C10H12O3S2/c11-10(14)7-4-8-15(12,13)9-5-2-1-3-6-9/h1-3,5-6H,4,7-8H2,(H,11,14). The lowest BCUT2D eigenvalue weighted by atomic mass is 10.4. The average molecular weight is 244 g/mol. The normalized spacial score (nSPS) is 11.3. The highest BCUT2D eigenvalue weighted by Crippen LogP contribution is 2.12. The van der Waals surface area contributed by atoms with Crippen LogP contribution in [0, 0.1) is 0 Å². The van der Waals surface area contributed by atoms with Crippen LogP contribution in [0.2, 0.25) is 0 Å². The zero-order valence-corrected chi connectivity index (χ0v) is 9.80. The van der Waals surface area contributed by atoms with Gasteiger partial charge in [-0.2, -0.15) is 0 Å². The number of rotatable bonds is 5. The van der Waals surface area contributed by atoms with Crippen molar-refractivity contribution in [2.45, 2.75) is 17.7 Å². The molecule has 0 heterocycles. The molecule has 0 aliphatic rings. The maximum atomic E-state index is 11.7. The molecule has 0 bridgehead atoms. The van der Waals surface area contributed by atoms with E-state index in [1.54, 1.807) is 30.3 Å². The zero-order chi connectivity index (χ0) is 11.3. The molecule has 3 nitrogen and oxygen atoms in total. The molecule has 0 unspecified atom stereocenters. The topological polar surface area (TPSA) is 51.2 Å². The van der Waals surface area contributed by atoms with Crippen LogP contribution in [0.5, 0.6) is 0 Å². The van der Waals surface area contributed by atoms with Crippen LogP contribution in [0.4, 0.5) is 0 Å². The molecular weight excluding hydrogens is 232 g/mol. The van der Waals surface area contributed by atoms with Gasteiger partial charge in [0.15, 0.2) is 15.0 Å². The number of sulfone groups is 1. The minimum Gasteiger partial charge on any atom is -0.288 e. The summed E-state index contributed by atoms with van der Waals surface area (Å²) < 4.78 is 23.4. The van der Waals surface area contributed by atoms with Gasteiger partial charge in [-0.3, -0.25) is 4.79 Å². The van der Waals surface area contributed by atoms with Crippen molar-refractivity contribution in [2.24, 2.45) is 0 Å². The first kappa shape index (κ1) is 12.3. The van der Waals surface area contributed by atoms with Crippen molar-refractivity contribution in [3.05, 3.63) is 30.3 Å². The Bertz CT molecular complexity index is 423. The van der Waals surface area contributed by atoms with Gasteiger partial charge in [-0.25, -0.2) is 8.42 Å². The van der Waals surface area contributed by atoms with Crippen LogP contribution in [0.15, 0.2) is 35.2 Å². The Hall–Kier alpha value is -0.810.